The first-order valence-corrected chi connectivity index (χ1v) is 39.1. The topological polar surface area (TPSA) is 95.9 Å². The molecule has 2 unspecified atom stereocenters. The molecule has 0 aliphatic heterocycles. The maximum atomic E-state index is 12.6. The van der Waals surface area contributed by atoms with Gasteiger partial charge in [-0.3, -0.25) is 9.59 Å². The second-order valence-electron chi connectivity index (χ2n) is 27.0. The molecule has 1 amide bonds. The van der Waals surface area contributed by atoms with Gasteiger partial charge in [-0.05, 0) is 77.0 Å². The fraction of sp³-hybridized carbons (Fsp3) is 0.924. The first-order valence-electron chi connectivity index (χ1n) is 39.1. The summed E-state index contributed by atoms with van der Waals surface area (Å²) in [7, 11) is 0. The average molecular weight is 1200 g/mol. The molecule has 0 bridgehead atoms. The van der Waals surface area contributed by atoms with E-state index in [1.165, 1.54) is 366 Å². The van der Waals surface area contributed by atoms with Crippen LogP contribution in [0.5, 0.6) is 0 Å². The zero-order valence-electron chi connectivity index (χ0n) is 57.9. The molecule has 0 aromatic rings. The van der Waals surface area contributed by atoms with Crippen molar-refractivity contribution >= 4 is 11.9 Å². The molecule has 2 atom stereocenters. The molecule has 0 fully saturated rings. The number of carbonyl (C=O) groups excluding carboxylic acids is 2. The highest BCUT2D eigenvalue weighted by atomic mass is 16.5. The van der Waals surface area contributed by atoms with Gasteiger partial charge in [0.05, 0.1) is 25.4 Å². The number of aliphatic hydroxyl groups excluding tert-OH is 2. The lowest BCUT2D eigenvalue weighted by Gasteiger charge is -2.22. The fourth-order valence-electron chi connectivity index (χ4n) is 12.5. The maximum Gasteiger partial charge on any atom is 0.305 e. The van der Waals surface area contributed by atoms with Crippen LogP contribution in [0, 0.1) is 0 Å². The summed E-state index contributed by atoms with van der Waals surface area (Å²) < 4.78 is 5.51. The zero-order chi connectivity index (χ0) is 61.3. The molecule has 85 heavy (non-hydrogen) atoms. The van der Waals surface area contributed by atoms with Crippen LogP contribution in [0.15, 0.2) is 24.3 Å². The average Bonchev–Trinajstić information content (AvgIpc) is 3.51. The largest absolute Gasteiger partial charge is 0.466 e. The Kier molecular flexibility index (Phi) is 73.3. The Labute approximate surface area is 532 Å². The minimum atomic E-state index is -0.665. The van der Waals surface area contributed by atoms with E-state index in [4.69, 9.17) is 4.74 Å². The Morgan fingerprint density at radius 2 is 0.553 bits per heavy atom. The van der Waals surface area contributed by atoms with E-state index >= 15 is 0 Å². The monoisotopic (exact) mass is 1200 g/mol. The molecular formula is C79H153NO5. The van der Waals surface area contributed by atoms with Crippen molar-refractivity contribution in [2.24, 2.45) is 0 Å². The minimum Gasteiger partial charge on any atom is -0.466 e. The van der Waals surface area contributed by atoms with Gasteiger partial charge in [-0.25, -0.2) is 0 Å². The van der Waals surface area contributed by atoms with Crippen molar-refractivity contribution in [2.75, 3.05) is 13.2 Å². The highest BCUT2D eigenvalue weighted by Crippen LogP contribution is 2.20. The molecule has 0 aromatic carbocycles. The third-order valence-corrected chi connectivity index (χ3v) is 18.5. The molecule has 0 saturated carbocycles. The van der Waals surface area contributed by atoms with Gasteiger partial charge in [0.1, 0.15) is 0 Å². The number of nitrogens with one attached hydrogen (secondary N) is 1. The predicted molar refractivity (Wildman–Crippen MR) is 375 cm³/mol. The van der Waals surface area contributed by atoms with Crippen molar-refractivity contribution in [1.29, 1.82) is 0 Å². The SMILES string of the molecule is CCCCCCCC/C=C\CCCCCCCCCC(=O)OCCCCCCCCCCCCCC/C=C\CCCCCCCCCCCCCCCC(=O)NC(CO)C(O)CCCCCCCCCCCCCCCCCCCCCCCC. The van der Waals surface area contributed by atoms with Crippen LogP contribution in [0.25, 0.3) is 0 Å². The van der Waals surface area contributed by atoms with Crippen LogP contribution in [-0.4, -0.2) is 47.4 Å². The zero-order valence-corrected chi connectivity index (χ0v) is 57.9. The Hall–Kier alpha value is -1.66. The Morgan fingerprint density at radius 1 is 0.318 bits per heavy atom. The van der Waals surface area contributed by atoms with Gasteiger partial charge in [-0.15, -0.1) is 0 Å². The number of hydrogen-bond acceptors (Lipinski definition) is 5. The van der Waals surface area contributed by atoms with E-state index in [0.717, 1.165) is 44.9 Å². The van der Waals surface area contributed by atoms with Crippen LogP contribution in [0.4, 0.5) is 0 Å². The van der Waals surface area contributed by atoms with Crippen molar-refractivity contribution in [3.63, 3.8) is 0 Å². The molecule has 0 aromatic heterocycles. The summed E-state index contributed by atoms with van der Waals surface area (Å²) in [5.41, 5.74) is 0. The van der Waals surface area contributed by atoms with E-state index in [0.29, 0.717) is 25.9 Å². The molecule has 0 aliphatic rings. The summed E-state index contributed by atoms with van der Waals surface area (Å²) in [6.45, 7) is 5.00. The maximum absolute atomic E-state index is 12.6. The summed E-state index contributed by atoms with van der Waals surface area (Å²) in [4.78, 5) is 24.7. The van der Waals surface area contributed by atoms with Gasteiger partial charge in [0.2, 0.25) is 5.91 Å². The second-order valence-corrected chi connectivity index (χ2v) is 27.0. The summed E-state index contributed by atoms with van der Waals surface area (Å²) in [6.07, 6.45) is 95.4. The molecule has 0 radical (unpaired) electrons. The molecular weight excluding hydrogens is 1040 g/mol. The lowest BCUT2D eigenvalue weighted by atomic mass is 10.0. The van der Waals surface area contributed by atoms with Crippen molar-refractivity contribution in [3.8, 4) is 0 Å². The molecule has 0 saturated heterocycles. The Bertz CT molecular complexity index is 1330. The Balaban J connectivity index is 3.36. The quantitative estimate of drug-likeness (QED) is 0.0320. The normalized spacial score (nSPS) is 12.6. The molecule has 6 nitrogen and oxygen atoms in total. The molecule has 0 spiro atoms. The van der Waals surface area contributed by atoms with Gasteiger partial charge in [-0.2, -0.15) is 0 Å². The van der Waals surface area contributed by atoms with Crippen LogP contribution < -0.4 is 5.32 Å². The van der Waals surface area contributed by atoms with E-state index in [2.05, 4.69) is 43.5 Å². The van der Waals surface area contributed by atoms with Crippen molar-refractivity contribution < 1.29 is 24.5 Å². The van der Waals surface area contributed by atoms with Gasteiger partial charge in [-0.1, -0.05) is 378 Å². The van der Waals surface area contributed by atoms with Crippen LogP contribution in [0.1, 0.15) is 444 Å². The van der Waals surface area contributed by atoms with E-state index in [9.17, 15) is 19.8 Å². The van der Waals surface area contributed by atoms with E-state index in [1.54, 1.807) is 0 Å². The van der Waals surface area contributed by atoms with E-state index in [1.807, 2.05) is 0 Å². The summed E-state index contributed by atoms with van der Waals surface area (Å²) in [5.74, 6) is -0.0146. The van der Waals surface area contributed by atoms with Crippen LogP contribution in [0.2, 0.25) is 0 Å². The van der Waals surface area contributed by atoms with Crippen LogP contribution in [-0.2, 0) is 14.3 Å². The van der Waals surface area contributed by atoms with Crippen molar-refractivity contribution in [2.45, 2.75) is 456 Å². The highest BCUT2D eigenvalue weighted by Gasteiger charge is 2.20. The molecule has 0 heterocycles. The number of ether oxygens (including phenoxy) is 1. The first-order chi connectivity index (χ1) is 42.0. The van der Waals surface area contributed by atoms with Crippen molar-refractivity contribution in [3.05, 3.63) is 24.3 Å². The molecule has 0 rings (SSSR count). The summed E-state index contributed by atoms with van der Waals surface area (Å²) in [6, 6.07) is -0.542. The van der Waals surface area contributed by atoms with Crippen molar-refractivity contribution in [1.82, 2.24) is 5.32 Å². The molecule has 504 valence electrons. The Morgan fingerprint density at radius 3 is 0.835 bits per heavy atom. The number of allylic oxidation sites excluding steroid dienone is 4. The van der Waals surface area contributed by atoms with E-state index in [-0.39, 0.29) is 18.5 Å². The number of carbonyl (C=O) groups is 2. The van der Waals surface area contributed by atoms with Gasteiger partial charge in [0.15, 0.2) is 0 Å². The smallest absolute Gasteiger partial charge is 0.305 e. The fourth-order valence-corrected chi connectivity index (χ4v) is 12.5. The number of rotatable bonds is 74. The molecule has 0 aliphatic carbocycles. The lowest BCUT2D eigenvalue weighted by Crippen LogP contribution is -2.45. The first kappa shape index (κ1) is 83.3. The summed E-state index contributed by atoms with van der Waals surface area (Å²) >= 11 is 0. The number of unbranched alkanes of at least 4 members (excludes halogenated alkanes) is 59. The number of aliphatic hydroxyl groups is 2. The molecule has 3 N–H and O–H groups in total. The minimum absolute atomic E-state index is 0.0143. The predicted octanol–water partition coefficient (Wildman–Crippen LogP) is 25.7. The number of esters is 1. The van der Waals surface area contributed by atoms with Crippen LogP contribution >= 0.6 is 0 Å². The third-order valence-electron chi connectivity index (χ3n) is 18.5. The highest BCUT2D eigenvalue weighted by molar-refractivity contribution is 5.76. The second kappa shape index (κ2) is 74.8. The van der Waals surface area contributed by atoms with Gasteiger partial charge < -0.3 is 20.3 Å². The summed E-state index contributed by atoms with van der Waals surface area (Å²) in [5, 5.41) is 23.5. The van der Waals surface area contributed by atoms with Gasteiger partial charge >= 0.3 is 5.97 Å². The van der Waals surface area contributed by atoms with Gasteiger partial charge in [0.25, 0.3) is 0 Å². The lowest BCUT2D eigenvalue weighted by molar-refractivity contribution is -0.143. The van der Waals surface area contributed by atoms with E-state index < -0.39 is 12.1 Å². The third kappa shape index (κ3) is 71.3. The standard InChI is InChI=1S/C79H153NO5/c1-3-5-7-9-11-13-15-17-19-21-22-23-33-36-40-43-47-51-55-59-63-67-71-77(82)76(75-81)80-78(83)72-68-64-60-56-52-48-44-41-37-34-31-29-27-25-24-26-28-30-32-35-38-42-46-50-54-58-62-66-70-74-85-79(84)73-69-65-61-57-53-49-45-39-20-18-16-14-12-10-8-6-4-2/h18,20,24,26,76-77,81-82H,3-17,19,21-23,25,27-75H2,1-2H3,(H,80,83)/b20-18-,26-24-. The molecule has 6 heteroatoms. The van der Waals surface area contributed by atoms with Crippen LogP contribution in [0.3, 0.4) is 0 Å². The number of hydrogen-bond donors (Lipinski definition) is 3. The number of amides is 1. The van der Waals surface area contributed by atoms with Gasteiger partial charge in [0, 0.05) is 12.8 Å².